The van der Waals surface area contributed by atoms with E-state index >= 15 is 0 Å². The van der Waals surface area contributed by atoms with Gasteiger partial charge in [0.25, 0.3) is 0 Å². The number of rotatable bonds is 5. The van der Waals surface area contributed by atoms with E-state index in [9.17, 15) is 4.79 Å². The minimum Gasteiger partial charge on any atom is -0.354 e. The molecule has 0 fully saturated rings. The number of amides is 1. The molecule has 0 radical (unpaired) electrons. The Morgan fingerprint density at radius 3 is 2.56 bits per heavy atom. The fourth-order valence-electron chi connectivity index (χ4n) is 1.14. The Balaban J connectivity index is 0. The first-order valence-corrected chi connectivity index (χ1v) is 6.26. The van der Waals surface area contributed by atoms with Crippen LogP contribution in [0.4, 0.5) is 0 Å². The maximum Gasteiger partial charge on any atom is 0.239 e. The van der Waals surface area contributed by atoms with Gasteiger partial charge in [0.2, 0.25) is 5.91 Å². The zero-order chi connectivity index (χ0) is 12.2. The van der Waals surface area contributed by atoms with Gasteiger partial charge in [-0.3, -0.25) is 4.79 Å². The molecule has 0 bridgehead atoms. The third-order valence-electron chi connectivity index (χ3n) is 2.16. The molecule has 1 aromatic heterocycles. The third-order valence-corrected chi connectivity index (χ3v) is 3.36. The summed E-state index contributed by atoms with van der Waals surface area (Å²) in [7, 11) is 0. The fourth-order valence-corrected chi connectivity index (χ4v) is 2.00. The highest BCUT2D eigenvalue weighted by Gasteiger charge is 2.20. The highest BCUT2D eigenvalue weighted by molar-refractivity contribution is 7.11. The Morgan fingerprint density at radius 2 is 2.11 bits per heavy atom. The smallest absolute Gasteiger partial charge is 0.239 e. The van der Waals surface area contributed by atoms with E-state index in [1.165, 1.54) is 4.88 Å². The van der Waals surface area contributed by atoms with Gasteiger partial charge in [-0.1, -0.05) is 6.92 Å². The summed E-state index contributed by atoms with van der Waals surface area (Å²) in [6, 6.07) is 0. The fraction of sp³-hybridized carbons (Fsp3) is 0.636. The molecule has 0 aliphatic carbocycles. The van der Waals surface area contributed by atoms with Crippen LogP contribution in [0.5, 0.6) is 0 Å². The van der Waals surface area contributed by atoms with E-state index in [1.807, 2.05) is 6.20 Å². The van der Waals surface area contributed by atoms with Gasteiger partial charge in [-0.05, 0) is 20.3 Å². The summed E-state index contributed by atoms with van der Waals surface area (Å²) in [6.45, 7) is 6.09. The van der Waals surface area contributed by atoms with Crippen LogP contribution >= 0.6 is 36.2 Å². The van der Waals surface area contributed by atoms with Crippen LogP contribution in [0.25, 0.3) is 0 Å². The monoisotopic (exact) mass is 313 g/mol. The number of thiazole rings is 1. The first-order chi connectivity index (χ1) is 7.43. The molecule has 1 rings (SSSR count). The van der Waals surface area contributed by atoms with Crippen molar-refractivity contribution < 1.29 is 4.79 Å². The van der Waals surface area contributed by atoms with Crippen molar-refractivity contribution in [3.8, 4) is 0 Å². The van der Waals surface area contributed by atoms with Crippen LogP contribution in [0.15, 0.2) is 6.20 Å². The number of halogens is 2. The Hall–Kier alpha value is -0.360. The average molecular weight is 314 g/mol. The van der Waals surface area contributed by atoms with Gasteiger partial charge < -0.3 is 11.1 Å². The normalized spacial score (nSPS) is 10.2. The number of nitrogens with one attached hydrogen (secondary N) is 1. The topological polar surface area (TPSA) is 68.0 Å². The van der Waals surface area contributed by atoms with Gasteiger partial charge in [0.15, 0.2) is 0 Å². The lowest BCUT2D eigenvalue weighted by Crippen LogP contribution is -2.49. The SMILES string of the molecule is CCc1cnc(CCNC(=O)C(C)(C)N)s1.Cl.Cl. The van der Waals surface area contributed by atoms with Crippen molar-refractivity contribution in [2.75, 3.05) is 6.54 Å². The number of nitrogens with zero attached hydrogens (tertiary/aromatic N) is 1. The molecule has 3 N–H and O–H groups in total. The molecule has 18 heavy (non-hydrogen) atoms. The van der Waals surface area contributed by atoms with Gasteiger partial charge >= 0.3 is 0 Å². The van der Waals surface area contributed by atoms with Gasteiger partial charge in [-0.15, -0.1) is 36.2 Å². The van der Waals surface area contributed by atoms with Gasteiger partial charge in [-0.2, -0.15) is 0 Å². The predicted octanol–water partition coefficient (Wildman–Crippen LogP) is 1.95. The van der Waals surface area contributed by atoms with Gasteiger partial charge in [0, 0.05) is 24.0 Å². The molecule has 1 amide bonds. The Labute approximate surface area is 125 Å². The predicted molar refractivity (Wildman–Crippen MR) is 81.0 cm³/mol. The zero-order valence-electron chi connectivity index (χ0n) is 10.9. The van der Waals surface area contributed by atoms with Crippen molar-refractivity contribution in [1.82, 2.24) is 10.3 Å². The average Bonchev–Trinajstić information content (AvgIpc) is 2.64. The van der Waals surface area contributed by atoms with Crippen molar-refractivity contribution in [2.24, 2.45) is 5.73 Å². The molecule has 0 saturated heterocycles. The molecular formula is C11H21Cl2N3OS. The lowest BCUT2D eigenvalue weighted by atomic mass is 10.1. The van der Waals surface area contributed by atoms with Crippen molar-refractivity contribution in [3.63, 3.8) is 0 Å². The Kier molecular flexibility index (Phi) is 9.64. The molecule has 0 spiro atoms. The van der Waals surface area contributed by atoms with Crippen LogP contribution < -0.4 is 11.1 Å². The van der Waals surface area contributed by atoms with Crippen LogP contribution in [0.2, 0.25) is 0 Å². The van der Waals surface area contributed by atoms with Crippen molar-refractivity contribution >= 4 is 42.1 Å². The highest BCUT2D eigenvalue weighted by Crippen LogP contribution is 2.13. The number of nitrogens with two attached hydrogens (primary N) is 1. The number of carbonyl (C=O) groups is 1. The van der Waals surface area contributed by atoms with Crippen molar-refractivity contribution in [2.45, 2.75) is 39.2 Å². The van der Waals surface area contributed by atoms with Crippen LogP contribution in [0.1, 0.15) is 30.7 Å². The van der Waals surface area contributed by atoms with Gasteiger partial charge in [0.1, 0.15) is 0 Å². The lowest BCUT2D eigenvalue weighted by molar-refractivity contribution is -0.125. The molecule has 1 heterocycles. The molecule has 0 atom stereocenters. The first kappa shape index (κ1) is 20.0. The van der Waals surface area contributed by atoms with E-state index in [2.05, 4.69) is 17.2 Å². The molecule has 0 unspecified atom stereocenters. The van der Waals surface area contributed by atoms with E-state index in [4.69, 9.17) is 5.73 Å². The lowest BCUT2D eigenvalue weighted by Gasteiger charge is -2.17. The van der Waals surface area contributed by atoms with E-state index in [1.54, 1.807) is 25.2 Å². The second-order valence-corrected chi connectivity index (χ2v) is 5.50. The summed E-state index contributed by atoms with van der Waals surface area (Å²) in [5, 5.41) is 3.86. The Bertz CT molecular complexity index is 363. The molecule has 0 aliphatic heterocycles. The van der Waals surface area contributed by atoms with Crippen molar-refractivity contribution in [1.29, 1.82) is 0 Å². The second kappa shape index (κ2) is 8.69. The van der Waals surface area contributed by atoms with Crippen molar-refractivity contribution in [3.05, 3.63) is 16.1 Å². The molecule has 7 heteroatoms. The highest BCUT2D eigenvalue weighted by atomic mass is 35.5. The number of hydrogen-bond acceptors (Lipinski definition) is 4. The minimum atomic E-state index is -0.808. The van der Waals surface area contributed by atoms with Crippen LogP contribution in [0, 0.1) is 0 Å². The molecule has 0 saturated carbocycles. The Morgan fingerprint density at radius 1 is 1.50 bits per heavy atom. The molecule has 1 aromatic rings. The van der Waals surface area contributed by atoms with Crippen LogP contribution in [-0.4, -0.2) is 23.0 Å². The van der Waals surface area contributed by atoms with Gasteiger partial charge in [0.05, 0.1) is 10.5 Å². The number of hydrogen-bond donors (Lipinski definition) is 2. The zero-order valence-corrected chi connectivity index (χ0v) is 13.3. The summed E-state index contributed by atoms with van der Waals surface area (Å²) < 4.78 is 0. The maximum absolute atomic E-state index is 11.5. The molecule has 0 aromatic carbocycles. The number of aryl methyl sites for hydroxylation is 1. The minimum absolute atomic E-state index is 0. The number of aromatic nitrogens is 1. The number of carbonyl (C=O) groups excluding carboxylic acids is 1. The molecule has 0 aliphatic rings. The standard InChI is InChI=1S/C11H19N3OS.2ClH/c1-4-8-7-14-9(16-8)5-6-13-10(15)11(2,3)12;;/h7H,4-6,12H2,1-3H3,(H,13,15);2*1H. The van der Waals surface area contributed by atoms with Gasteiger partial charge in [-0.25, -0.2) is 4.98 Å². The molecule has 4 nitrogen and oxygen atoms in total. The quantitative estimate of drug-likeness (QED) is 0.873. The maximum atomic E-state index is 11.5. The van der Waals surface area contributed by atoms with Crippen LogP contribution in [0.3, 0.4) is 0 Å². The summed E-state index contributed by atoms with van der Waals surface area (Å²) in [5.41, 5.74) is 4.85. The first-order valence-electron chi connectivity index (χ1n) is 5.44. The van der Waals surface area contributed by atoms with E-state index in [-0.39, 0.29) is 30.7 Å². The van der Waals surface area contributed by atoms with E-state index in [0.29, 0.717) is 6.54 Å². The molecular weight excluding hydrogens is 293 g/mol. The largest absolute Gasteiger partial charge is 0.354 e. The third kappa shape index (κ3) is 6.54. The molecule has 106 valence electrons. The second-order valence-electron chi connectivity index (χ2n) is 4.30. The summed E-state index contributed by atoms with van der Waals surface area (Å²) in [4.78, 5) is 17.0. The van der Waals surface area contributed by atoms with E-state index < -0.39 is 5.54 Å². The summed E-state index contributed by atoms with van der Waals surface area (Å²) >= 11 is 1.70. The van der Waals surface area contributed by atoms with Crippen LogP contribution in [-0.2, 0) is 17.6 Å². The summed E-state index contributed by atoms with van der Waals surface area (Å²) in [6.07, 6.45) is 3.68. The van der Waals surface area contributed by atoms with E-state index in [0.717, 1.165) is 17.8 Å². The summed E-state index contributed by atoms with van der Waals surface area (Å²) in [5.74, 6) is -0.125.